The summed E-state index contributed by atoms with van der Waals surface area (Å²) in [5.41, 5.74) is 3.65. The van der Waals surface area contributed by atoms with Crippen molar-refractivity contribution in [1.82, 2.24) is 0 Å². The molecule has 0 unspecified atom stereocenters. The van der Waals surface area contributed by atoms with Gasteiger partial charge in [-0.1, -0.05) is 109 Å². The number of thiophene rings is 3. The number of hydrogen-bond acceptors (Lipinski definition) is 3. The van der Waals surface area contributed by atoms with E-state index < -0.39 is 7.92 Å². The van der Waals surface area contributed by atoms with E-state index >= 15 is 0 Å². The Labute approximate surface area is 249 Å². The highest BCUT2D eigenvalue weighted by atomic mass is 32.1. The van der Waals surface area contributed by atoms with Crippen molar-refractivity contribution in [3.05, 3.63) is 157 Å². The average molecular weight is 587 g/mol. The molecule has 0 aliphatic heterocycles. The summed E-state index contributed by atoms with van der Waals surface area (Å²) in [6.45, 7) is 0. The molecular weight excluding hydrogens is 560 g/mol. The van der Waals surface area contributed by atoms with E-state index in [1.807, 2.05) is 0 Å². The summed E-state index contributed by atoms with van der Waals surface area (Å²) in [5, 5.41) is 10.4. The molecule has 0 atom stereocenters. The van der Waals surface area contributed by atoms with Crippen LogP contribution in [0.25, 0.3) is 36.5 Å². The summed E-state index contributed by atoms with van der Waals surface area (Å²) in [7, 11) is -0.686. The van der Waals surface area contributed by atoms with Crippen LogP contribution in [0, 0.1) is 0 Å². The fraction of sp³-hybridized carbons (Fsp3) is 0. The van der Waals surface area contributed by atoms with Gasteiger partial charge in [0.2, 0.25) is 0 Å². The second-order valence-electron chi connectivity index (χ2n) is 9.16. The smallest absolute Gasteiger partial charge is 0.0270 e. The molecule has 0 saturated carbocycles. The SMILES string of the molecule is C(=Cc1cccs1)c1ccc(P(c2ccc(/C=C/c3cccs3)cc2)c2ccc(/C=C/c3cccs3)cc2)cc1. The lowest BCUT2D eigenvalue weighted by atomic mass is 10.2. The molecule has 6 rings (SSSR count). The monoisotopic (exact) mass is 586 g/mol. The maximum Gasteiger partial charge on any atom is 0.0270 e. The first-order valence-corrected chi connectivity index (χ1v) is 17.0. The summed E-state index contributed by atoms with van der Waals surface area (Å²) in [6, 6.07) is 40.0. The topological polar surface area (TPSA) is 0 Å². The fourth-order valence-electron chi connectivity index (χ4n) is 4.34. The van der Waals surface area contributed by atoms with Crippen LogP contribution in [0.15, 0.2) is 125 Å². The van der Waals surface area contributed by atoms with Crippen molar-refractivity contribution >= 4 is 94.3 Å². The molecule has 0 aliphatic rings. The minimum atomic E-state index is -0.686. The van der Waals surface area contributed by atoms with Crippen LogP contribution >= 0.6 is 41.9 Å². The third-order valence-electron chi connectivity index (χ3n) is 6.40. The molecule has 3 aromatic heterocycles. The molecule has 0 saturated heterocycles. The molecule has 0 fully saturated rings. The summed E-state index contributed by atoms with van der Waals surface area (Å²) in [5.74, 6) is 0. The predicted molar refractivity (Wildman–Crippen MR) is 185 cm³/mol. The van der Waals surface area contributed by atoms with Gasteiger partial charge in [-0.3, -0.25) is 0 Å². The van der Waals surface area contributed by atoms with E-state index in [0.29, 0.717) is 0 Å². The van der Waals surface area contributed by atoms with Gasteiger partial charge in [0.1, 0.15) is 0 Å². The zero-order chi connectivity index (χ0) is 27.0. The van der Waals surface area contributed by atoms with Gasteiger partial charge in [-0.05, 0) is 93.1 Å². The van der Waals surface area contributed by atoms with Crippen LogP contribution in [0.1, 0.15) is 31.3 Å². The fourth-order valence-corrected chi connectivity index (χ4v) is 8.43. The van der Waals surface area contributed by atoms with Crippen molar-refractivity contribution in [1.29, 1.82) is 0 Å². The highest BCUT2D eigenvalue weighted by Gasteiger charge is 2.16. The summed E-state index contributed by atoms with van der Waals surface area (Å²) < 4.78 is 0. The van der Waals surface area contributed by atoms with Gasteiger partial charge >= 0.3 is 0 Å². The van der Waals surface area contributed by atoms with Gasteiger partial charge in [0.05, 0.1) is 0 Å². The molecule has 6 aromatic rings. The zero-order valence-corrected chi connectivity index (χ0v) is 25.1. The Hall–Kier alpha value is -3.59. The van der Waals surface area contributed by atoms with E-state index in [0.717, 1.165) is 0 Å². The first-order chi connectivity index (χ1) is 19.8. The quantitative estimate of drug-likeness (QED) is 0.148. The number of rotatable bonds is 9. The standard InChI is InChI=1S/C36H27PS3/c1-4-34(38-25-1)22-13-28-7-16-31(17-8-28)37(32-18-9-29(10-19-32)14-23-35-5-2-26-39-35)33-20-11-30(12-21-33)15-24-36-6-3-27-40-36/h1-27H/b22-13+,23-14+,24-15?. The molecule has 0 spiro atoms. The molecule has 0 radical (unpaired) electrons. The maximum atomic E-state index is 2.30. The van der Waals surface area contributed by atoms with Crippen molar-refractivity contribution in [3.8, 4) is 0 Å². The Morgan fingerprint density at radius 3 is 0.900 bits per heavy atom. The maximum absolute atomic E-state index is 2.30. The van der Waals surface area contributed by atoms with Crippen LogP contribution in [0.4, 0.5) is 0 Å². The van der Waals surface area contributed by atoms with E-state index in [2.05, 4.69) is 162 Å². The molecular formula is C36H27PS3. The molecule has 0 N–H and O–H groups in total. The lowest BCUT2D eigenvalue weighted by Gasteiger charge is -2.20. The van der Waals surface area contributed by atoms with Gasteiger partial charge in [0.15, 0.2) is 0 Å². The van der Waals surface area contributed by atoms with Crippen LogP contribution in [-0.4, -0.2) is 0 Å². The van der Waals surface area contributed by atoms with Gasteiger partial charge in [0.25, 0.3) is 0 Å². The largest absolute Gasteiger partial charge is 0.144 e. The highest BCUT2D eigenvalue weighted by Crippen LogP contribution is 2.33. The van der Waals surface area contributed by atoms with Crippen molar-refractivity contribution < 1.29 is 0 Å². The normalized spacial score (nSPS) is 11.9. The van der Waals surface area contributed by atoms with Crippen LogP contribution < -0.4 is 15.9 Å². The van der Waals surface area contributed by atoms with Crippen LogP contribution in [-0.2, 0) is 0 Å². The van der Waals surface area contributed by atoms with Gasteiger partial charge in [-0.25, -0.2) is 0 Å². The molecule has 3 aromatic carbocycles. The second kappa shape index (κ2) is 13.2. The van der Waals surface area contributed by atoms with Gasteiger partial charge in [-0.2, -0.15) is 0 Å². The molecule has 194 valence electrons. The Bertz CT molecular complexity index is 1480. The Morgan fingerprint density at radius 1 is 0.350 bits per heavy atom. The summed E-state index contributed by atoms with van der Waals surface area (Å²) >= 11 is 5.28. The molecule has 3 heterocycles. The van der Waals surface area contributed by atoms with E-state index in [4.69, 9.17) is 0 Å². The molecule has 0 bridgehead atoms. The minimum absolute atomic E-state index is 0.686. The van der Waals surface area contributed by atoms with Gasteiger partial charge < -0.3 is 0 Å². The van der Waals surface area contributed by atoms with Crippen molar-refractivity contribution in [2.24, 2.45) is 0 Å². The Morgan fingerprint density at radius 2 is 0.650 bits per heavy atom. The van der Waals surface area contributed by atoms with Crippen molar-refractivity contribution in [2.45, 2.75) is 0 Å². The predicted octanol–water partition coefficient (Wildman–Crippen LogP) is 10.1. The van der Waals surface area contributed by atoms with Crippen LogP contribution in [0.2, 0.25) is 0 Å². The first kappa shape index (κ1) is 26.6. The molecule has 0 aliphatic carbocycles. The minimum Gasteiger partial charge on any atom is -0.144 e. The van der Waals surface area contributed by atoms with E-state index in [9.17, 15) is 0 Å². The zero-order valence-electron chi connectivity index (χ0n) is 21.8. The highest BCUT2D eigenvalue weighted by molar-refractivity contribution is 7.79. The second-order valence-corrected chi connectivity index (χ2v) is 14.3. The lowest BCUT2D eigenvalue weighted by molar-refractivity contribution is 1.68. The van der Waals surface area contributed by atoms with Crippen molar-refractivity contribution in [3.63, 3.8) is 0 Å². The van der Waals surface area contributed by atoms with Crippen LogP contribution in [0.3, 0.4) is 0 Å². The van der Waals surface area contributed by atoms with Gasteiger partial charge in [0, 0.05) is 14.6 Å². The third-order valence-corrected chi connectivity index (χ3v) is 11.4. The summed E-state index contributed by atoms with van der Waals surface area (Å²) in [4.78, 5) is 3.81. The molecule has 0 amide bonds. The molecule has 40 heavy (non-hydrogen) atoms. The van der Waals surface area contributed by atoms with E-state index in [1.54, 1.807) is 34.0 Å². The number of hydrogen-bond donors (Lipinski definition) is 0. The number of benzene rings is 3. The van der Waals surface area contributed by atoms with E-state index in [1.165, 1.54) is 47.2 Å². The van der Waals surface area contributed by atoms with Crippen LogP contribution in [0.5, 0.6) is 0 Å². The van der Waals surface area contributed by atoms with Crippen molar-refractivity contribution in [2.75, 3.05) is 0 Å². The summed E-state index contributed by atoms with van der Waals surface area (Å²) in [6.07, 6.45) is 13.2. The lowest BCUT2D eigenvalue weighted by Crippen LogP contribution is -2.20. The Balaban J connectivity index is 1.28. The molecule has 4 heteroatoms. The third kappa shape index (κ3) is 6.94. The van der Waals surface area contributed by atoms with E-state index in [-0.39, 0.29) is 0 Å². The Kier molecular flexibility index (Phi) is 8.77. The van der Waals surface area contributed by atoms with Gasteiger partial charge in [-0.15, -0.1) is 34.0 Å². The molecule has 0 nitrogen and oxygen atoms in total. The average Bonchev–Trinajstić information content (AvgIpc) is 3.81. The first-order valence-electron chi connectivity index (χ1n) is 13.1.